The normalized spacial score (nSPS) is 13.7. The summed E-state index contributed by atoms with van der Waals surface area (Å²) in [6.07, 6.45) is 2.08. The molecule has 1 saturated carbocycles. The monoisotopic (exact) mass is 243 g/mol. The Kier molecular flexibility index (Phi) is 4.01. The van der Waals surface area contributed by atoms with E-state index in [0.29, 0.717) is 6.54 Å². The minimum absolute atomic E-state index is 0.125. The molecule has 0 spiro atoms. The molecule has 1 amide bonds. The molecule has 1 N–H and O–H groups in total. The summed E-state index contributed by atoms with van der Waals surface area (Å²) in [5.41, 5.74) is 1.98. The van der Waals surface area contributed by atoms with E-state index in [1.54, 1.807) is 4.90 Å². The molecule has 94 valence electrons. The van der Waals surface area contributed by atoms with Crippen molar-refractivity contribution in [2.24, 2.45) is 5.92 Å². The van der Waals surface area contributed by atoms with Gasteiger partial charge in [0.05, 0.1) is 0 Å². The number of benzene rings is 1. The van der Waals surface area contributed by atoms with Gasteiger partial charge in [-0.25, -0.2) is 0 Å². The van der Waals surface area contributed by atoms with Gasteiger partial charge in [-0.3, -0.25) is 4.79 Å². The fourth-order valence-electron chi connectivity index (χ4n) is 1.83. The van der Waals surface area contributed by atoms with Crippen molar-refractivity contribution in [2.45, 2.75) is 19.4 Å². The summed E-state index contributed by atoms with van der Waals surface area (Å²) in [5.74, 6) is 5.97. The number of aliphatic hydroxyl groups is 1. The van der Waals surface area contributed by atoms with E-state index in [-0.39, 0.29) is 18.4 Å². The molecular formula is C15H17NO2. The molecule has 1 aliphatic carbocycles. The van der Waals surface area contributed by atoms with Crippen molar-refractivity contribution in [2.75, 3.05) is 13.7 Å². The molecule has 18 heavy (non-hydrogen) atoms. The van der Waals surface area contributed by atoms with E-state index in [1.165, 1.54) is 0 Å². The average Bonchev–Trinajstić information content (AvgIpc) is 3.21. The summed E-state index contributed by atoms with van der Waals surface area (Å²) in [6, 6.07) is 7.76. The first-order valence-corrected chi connectivity index (χ1v) is 6.14. The Bertz CT molecular complexity index is 477. The first kappa shape index (κ1) is 12.7. The van der Waals surface area contributed by atoms with E-state index in [9.17, 15) is 4.79 Å². The molecule has 1 aromatic carbocycles. The van der Waals surface area contributed by atoms with Crippen LogP contribution in [0.2, 0.25) is 0 Å². The lowest BCUT2D eigenvalue weighted by molar-refractivity contribution is -0.131. The largest absolute Gasteiger partial charge is 0.384 e. The van der Waals surface area contributed by atoms with Gasteiger partial charge < -0.3 is 10.0 Å². The Morgan fingerprint density at radius 2 is 2.06 bits per heavy atom. The quantitative estimate of drug-likeness (QED) is 0.815. The fraction of sp³-hybridized carbons (Fsp3) is 0.400. The van der Waals surface area contributed by atoms with E-state index in [0.717, 1.165) is 24.0 Å². The molecule has 1 aromatic rings. The highest BCUT2D eigenvalue weighted by Gasteiger charge is 2.31. The third-order valence-electron chi connectivity index (χ3n) is 2.99. The molecule has 0 unspecified atom stereocenters. The van der Waals surface area contributed by atoms with Crippen LogP contribution in [0, 0.1) is 17.8 Å². The molecule has 0 aromatic heterocycles. The third-order valence-corrected chi connectivity index (χ3v) is 2.99. The zero-order valence-corrected chi connectivity index (χ0v) is 10.5. The van der Waals surface area contributed by atoms with Gasteiger partial charge in [0.2, 0.25) is 5.91 Å². The number of carbonyl (C=O) groups is 1. The van der Waals surface area contributed by atoms with E-state index in [4.69, 9.17) is 5.11 Å². The highest BCUT2D eigenvalue weighted by Crippen LogP contribution is 2.30. The maximum Gasteiger partial charge on any atom is 0.225 e. The molecule has 0 saturated heterocycles. The van der Waals surface area contributed by atoms with Gasteiger partial charge in [-0.05, 0) is 30.5 Å². The van der Waals surface area contributed by atoms with Gasteiger partial charge in [0.1, 0.15) is 6.61 Å². The molecule has 0 aliphatic heterocycles. The van der Waals surface area contributed by atoms with Crippen LogP contribution < -0.4 is 0 Å². The van der Waals surface area contributed by atoms with Gasteiger partial charge >= 0.3 is 0 Å². The molecular weight excluding hydrogens is 226 g/mol. The number of nitrogens with zero attached hydrogens (tertiary/aromatic N) is 1. The first-order chi connectivity index (χ1) is 8.70. The molecule has 3 heteroatoms. The summed E-state index contributed by atoms with van der Waals surface area (Å²) >= 11 is 0. The minimum Gasteiger partial charge on any atom is -0.384 e. The van der Waals surface area contributed by atoms with Gasteiger partial charge in [0.25, 0.3) is 0 Å². The average molecular weight is 243 g/mol. The van der Waals surface area contributed by atoms with Crippen LogP contribution in [-0.4, -0.2) is 29.6 Å². The maximum absolute atomic E-state index is 11.8. The smallest absolute Gasteiger partial charge is 0.225 e. The highest BCUT2D eigenvalue weighted by atomic mass is 16.2. The Balaban J connectivity index is 1.95. The van der Waals surface area contributed by atoms with Gasteiger partial charge in [-0.15, -0.1) is 0 Å². The lowest BCUT2D eigenvalue weighted by atomic mass is 10.1. The van der Waals surface area contributed by atoms with Crippen molar-refractivity contribution in [3.05, 3.63) is 35.4 Å². The fourth-order valence-corrected chi connectivity index (χ4v) is 1.83. The number of hydrogen-bond donors (Lipinski definition) is 1. The standard InChI is InChI=1S/C15H17NO2/c1-16(15(18)14-8-9-14)11-13-6-4-12(5-7-13)3-2-10-17/h4-7,14,17H,8-11H2,1H3. The number of carbonyl (C=O) groups excluding carboxylic acids is 1. The SMILES string of the molecule is CN(Cc1ccc(C#CCO)cc1)C(=O)C1CC1. The third kappa shape index (κ3) is 3.35. The second kappa shape index (κ2) is 5.70. The Labute approximate surface area is 107 Å². The maximum atomic E-state index is 11.8. The summed E-state index contributed by atoms with van der Waals surface area (Å²) < 4.78 is 0. The Morgan fingerprint density at radius 3 is 2.61 bits per heavy atom. The van der Waals surface area contributed by atoms with Crippen molar-refractivity contribution >= 4 is 5.91 Å². The lowest BCUT2D eigenvalue weighted by Gasteiger charge is -2.16. The molecule has 2 rings (SSSR count). The van der Waals surface area contributed by atoms with Crippen molar-refractivity contribution in [1.29, 1.82) is 0 Å². The van der Waals surface area contributed by atoms with Gasteiger partial charge in [0, 0.05) is 25.1 Å². The van der Waals surface area contributed by atoms with Gasteiger partial charge in [0.15, 0.2) is 0 Å². The van der Waals surface area contributed by atoms with Gasteiger partial charge in [-0.1, -0.05) is 24.0 Å². The van der Waals surface area contributed by atoms with E-state index in [2.05, 4.69) is 11.8 Å². The summed E-state index contributed by atoms with van der Waals surface area (Å²) in [7, 11) is 1.85. The van der Waals surface area contributed by atoms with Crippen molar-refractivity contribution in [3.8, 4) is 11.8 Å². The highest BCUT2D eigenvalue weighted by molar-refractivity contribution is 5.80. The topological polar surface area (TPSA) is 40.5 Å². The van der Waals surface area contributed by atoms with Crippen molar-refractivity contribution < 1.29 is 9.90 Å². The number of hydrogen-bond acceptors (Lipinski definition) is 2. The van der Waals surface area contributed by atoms with E-state index >= 15 is 0 Å². The Hall–Kier alpha value is -1.79. The van der Waals surface area contributed by atoms with Crippen LogP contribution in [0.15, 0.2) is 24.3 Å². The van der Waals surface area contributed by atoms with Crippen LogP contribution in [0.3, 0.4) is 0 Å². The summed E-state index contributed by atoms with van der Waals surface area (Å²) in [5, 5.41) is 8.60. The molecule has 1 aliphatic rings. The molecule has 1 fully saturated rings. The van der Waals surface area contributed by atoms with Crippen LogP contribution >= 0.6 is 0 Å². The molecule has 0 radical (unpaired) electrons. The first-order valence-electron chi connectivity index (χ1n) is 6.14. The van der Waals surface area contributed by atoms with Gasteiger partial charge in [-0.2, -0.15) is 0 Å². The summed E-state index contributed by atoms with van der Waals surface area (Å²) in [4.78, 5) is 13.6. The molecule has 0 heterocycles. The predicted molar refractivity (Wildman–Crippen MR) is 69.6 cm³/mol. The van der Waals surface area contributed by atoms with Crippen LogP contribution in [0.5, 0.6) is 0 Å². The number of amides is 1. The van der Waals surface area contributed by atoms with Crippen LogP contribution in [0.1, 0.15) is 24.0 Å². The van der Waals surface area contributed by atoms with Crippen LogP contribution in [0.25, 0.3) is 0 Å². The molecule has 0 atom stereocenters. The number of aliphatic hydroxyl groups excluding tert-OH is 1. The Morgan fingerprint density at radius 1 is 1.39 bits per heavy atom. The van der Waals surface area contributed by atoms with E-state index < -0.39 is 0 Å². The molecule has 0 bridgehead atoms. The lowest BCUT2D eigenvalue weighted by Crippen LogP contribution is -2.27. The van der Waals surface area contributed by atoms with Crippen LogP contribution in [0.4, 0.5) is 0 Å². The van der Waals surface area contributed by atoms with Crippen molar-refractivity contribution in [3.63, 3.8) is 0 Å². The molecule has 3 nitrogen and oxygen atoms in total. The number of rotatable bonds is 3. The zero-order chi connectivity index (χ0) is 13.0. The zero-order valence-electron chi connectivity index (χ0n) is 10.5. The van der Waals surface area contributed by atoms with E-state index in [1.807, 2.05) is 31.3 Å². The second-order valence-corrected chi connectivity index (χ2v) is 4.63. The second-order valence-electron chi connectivity index (χ2n) is 4.63. The summed E-state index contributed by atoms with van der Waals surface area (Å²) in [6.45, 7) is 0.517. The van der Waals surface area contributed by atoms with Crippen molar-refractivity contribution in [1.82, 2.24) is 4.90 Å². The minimum atomic E-state index is -0.125. The van der Waals surface area contributed by atoms with Crippen LogP contribution in [-0.2, 0) is 11.3 Å². The predicted octanol–water partition coefficient (Wildman–Crippen LogP) is 1.40.